The van der Waals surface area contributed by atoms with E-state index in [9.17, 15) is 56.4 Å². The molecule has 1 heterocycles. The number of nitrogens with one attached hydrogen (secondary N) is 2. The first kappa shape index (κ1) is 149. The fraction of sp³-hybridized carbons (Fsp3) is 0.557. The molecule has 1 aliphatic heterocycles. The molecular weight excluding hydrogens is 2330 g/mol. The predicted molar refractivity (Wildman–Crippen MR) is 603 cm³/mol. The molecule has 0 amide bonds. The van der Waals surface area contributed by atoms with Crippen LogP contribution >= 0.6 is 135 Å². The fourth-order valence-corrected chi connectivity index (χ4v) is 17.8. The van der Waals surface area contributed by atoms with Crippen molar-refractivity contribution in [3.8, 4) is 12.1 Å². The van der Waals surface area contributed by atoms with Crippen LogP contribution in [0.25, 0.3) is 4.85 Å². The number of rotatable bonds is 19. The average molecular weight is 2490 g/mol. The van der Waals surface area contributed by atoms with E-state index in [4.69, 9.17) is 17.1 Å². The number of benzene rings is 6. The standard InChI is InChI=1S/C17H24BrFN2OS2.C15H21BrFNO2S2.C13H17BrFNOS.3C12H15BrFNOS.C4H6BrN.C4H7N.8CH4/c1-15(2,3)24(22)21-17(6,11-23-16(4,5)20-7)13-10-12(18)8-9-14(13)19;1-10(19)21-9-15(5,18-22(20)14(2,3)4)12-8-11(16)6-7-13(12)17;1-12(2,3)18(17)16-8-13(16,4)10-7-9(14)5-6-11(10)15;3*1-8(15-17(16)12(2,3)4)10-7-9(13)5-6-11(10)14;1-4(2,5)3-6;1-4(2)3-5;;;;;;;;/h8-10,21H,11H2,1-6H3;6-8,18H,9H2,1-5H3;5-7H,8H2,1-4H3;3*5-7H,1-4H3;1-2H3;4H,1-2H3;8*1H4/t17-,24+;15-,22+;13-,16?,18+;3*17-;;;;;;;;;;/m000111........../s1. The monoisotopic (exact) mass is 2480 g/mol. The second kappa shape index (κ2) is 63.8. The molecule has 2 N–H and O–H groups in total. The maximum absolute atomic E-state index is 14.5. The summed E-state index contributed by atoms with van der Waals surface area (Å²) in [5.74, 6) is -1.19. The summed E-state index contributed by atoms with van der Waals surface area (Å²) in [6.07, 6.45) is 0. The Morgan fingerprint density at radius 3 is 0.948 bits per heavy atom. The van der Waals surface area contributed by atoms with E-state index < -0.39 is 117 Å². The molecule has 6 aromatic rings. The van der Waals surface area contributed by atoms with Gasteiger partial charge in [-0.25, -0.2) is 71.9 Å². The summed E-state index contributed by atoms with van der Waals surface area (Å²) in [4.78, 5) is 14.3. The first-order valence-electron chi connectivity index (χ1n) is 38.8. The summed E-state index contributed by atoms with van der Waals surface area (Å²) in [5, 5.41) is 15.9. The molecule has 0 aromatic heterocycles. The molecule has 0 bridgehead atoms. The van der Waals surface area contributed by atoms with Crippen molar-refractivity contribution in [3.05, 3.63) is 216 Å². The number of alkyl halides is 1. The number of nitriles is 2. The molecule has 16 nitrogen and oxygen atoms in total. The molecule has 0 aliphatic carbocycles. The van der Waals surface area contributed by atoms with Crippen molar-refractivity contribution in [1.29, 1.82) is 10.5 Å². The second-order valence-corrected chi connectivity index (χ2v) is 58.2. The van der Waals surface area contributed by atoms with Gasteiger partial charge in [0.25, 0.3) is 4.87 Å². The number of hydrogen-bond acceptors (Lipinski definition) is 11. The molecule has 1 unspecified atom stereocenters. The van der Waals surface area contributed by atoms with Crippen molar-refractivity contribution in [1.82, 2.24) is 13.7 Å². The second-order valence-electron chi connectivity index (χ2n) is 36.2. The first-order valence-corrected chi connectivity index (χ1v) is 53.0. The summed E-state index contributed by atoms with van der Waals surface area (Å²) in [6, 6.07) is 32.1. The van der Waals surface area contributed by atoms with Crippen molar-refractivity contribution in [2.75, 3.05) is 18.1 Å². The quantitative estimate of drug-likeness (QED) is 0.0254. The minimum Gasteiger partial charge on any atom is -0.299 e. The zero-order valence-corrected chi connectivity index (χ0v) is 94.9. The van der Waals surface area contributed by atoms with Gasteiger partial charge >= 0.3 is 0 Å². The number of carbonyl (C=O) groups excluding carboxylic acids is 1. The SMILES string of the molecule is C.C.C.C.C.C.C.C.CC(=N[S@](=O)C(C)(C)C)c1cc(Br)ccc1F.CC(=N[S@](=O)C(C)(C)C)c1cc(Br)ccc1F.CC(=N[S@](=O)C(C)(C)C)c1cc(Br)ccc1F.CC(=O)SC[C@](C)(N[S@](=O)C(C)(C)C)c1cc(Br)ccc1F.CC(C)(Br)C#N.CC(C)(C)[S@@](=O)N1C[C@@]1(C)c1cc(Br)ccc1F.CC(C)C#N.[C-]#[N+]C(C)(C)SC[C@](C)(N[S@](=O)C(C)(C)C)c1cc(Br)ccc1F. The van der Waals surface area contributed by atoms with E-state index in [1.807, 2.05) is 183 Å². The van der Waals surface area contributed by atoms with Gasteiger partial charge in [-0.15, -0.1) is 0 Å². The molecule has 766 valence electrons. The Balaban J connectivity index is -0.000000194. The lowest BCUT2D eigenvalue weighted by molar-refractivity contribution is -0.109. The minimum absolute atomic E-state index is 0. The van der Waals surface area contributed by atoms with Gasteiger partial charge in [0, 0.05) is 105 Å². The van der Waals surface area contributed by atoms with Crippen LogP contribution < -0.4 is 9.44 Å². The maximum atomic E-state index is 14.5. The van der Waals surface area contributed by atoms with Gasteiger partial charge in [0.2, 0.25) is 0 Å². The van der Waals surface area contributed by atoms with Crippen LogP contribution in [0.4, 0.5) is 26.3 Å². The van der Waals surface area contributed by atoms with Gasteiger partial charge in [-0.3, -0.25) is 9.64 Å². The number of halogens is 13. The first-order chi connectivity index (χ1) is 56.9. The number of nitrogens with zero attached hydrogens (tertiary/aromatic N) is 7. The summed E-state index contributed by atoms with van der Waals surface area (Å²) in [7, 11) is -8.01. The smallest absolute Gasteiger partial charge is 0.272 e. The molecule has 37 heteroatoms. The van der Waals surface area contributed by atoms with Crippen molar-refractivity contribution >= 4 is 223 Å². The topological polar surface area (TPSA) is 236 Å². The summed E-state index contributed by atoms with van der Waals surface area (Å²) in [6.45, 7) is 64.2. The molecule has 1 aliphatic rings. The van der Waals surface area contributed by atoms with E-state index in [1.165, 1.54) is 55.1 Å². The van der Waals surface area contributed by atoms with Crippen LogP contribution in [0, 0.1) is 70.1 Å². The zero-order chi connectivity index (χ0) is 98.7. The Hall–Kier alpha value is -3.11. The average Bonchev–Trinajstić information content (AvgIpc) is 1.56. The highest BCUT2D eigenvalue weighted by Crippen LogP contribution is 2.47. The maximum Gasteiger partial charge on any atom is 0.272 e. The highest BCUT2D eigenvalue weighted by Gasteiger charge is 2.56. The van der Waals surface area contributed by atoms with Crippen molar-refractivity contribution in [2.24, 2.45) is 19.1 Å². The van der Waals surface area contributed by atoms with Crippen molar-refractivity contribution in [3.63, 3.8) is 0 Å². The molecule has 0 saturated carbocycles. The Morgan fingerprint density at radius 1 is 0.455 bits per heavy atom. The van der Waals surface area contributed by atoms with Gasteiger partial charge in [0.15, 0.2) is 5.12 Å². The van der Waals surface area contributed by atoms with Crippen LogP contribution in [0.15, 0.2) is 149 Å². The third-order valence-corrected chi connectivity index (χ3v) is 31.9. The van der Waals surface area contributed by atoms with E-state index in [2.05, 4.69) is 139 Å². The summed E-state index contributed by atoms with van der Waals surface area (Å²) < 4.78 is 178. The van der Waals surface area contributed by atoms with Crippen molar-refractivity contribution in [2.45, 2.75) is 328 Å². The van der Waals surface area contributed by atoms with Gasteiger partial charge in [-0.05, 0) is 303 Å². The Kier molecular flexibility index (Phi) is 70.8. The van der Waals surface area contributed by atoms with Crippen LogP contribution in [0.3, 0.4) is 0 Å². The summed E-state index contributed by atoms with van der Waals surface area (Å²) >= 11 is 25.5. The zero-order valence-electron chi connectivity index (χ0n) is 77.3. The molecule has 1 fully saturated rings. The minimum atomic E-state index is -1.39. The van der Waals surface area contributed by atoms with Crippen LogP contribution in [-0.2, 0) is 87.3 Å². The third kappa shape index (κ3) is 54.4. The van der Waals surface area contributed by atoms with Gasteiger partial charge < -0.3 is 0 Å². The molecule has 6 aromatic carbocycles. The van der Waals surface area contributed by atoms with E-state index in [0.29, 0.717) is 62.8 Å². The summed E-state index contributed by atoms with van der Waals surface area (Å²) in [5.41, 5.74) is 1.61. The van der Waals surface area contributed by atoms with E-state index in [1.54, 1.807) is 114 Å². The highest BCUT2D eigenvalue weighted by molar-refractivity contribution is 9.11. The van der Waals surface area contributed by atoms with E-state index >= 15 is 0 Å². The Labute approximate surface area is 888 Å². The van der Waals surface area contributed by atoms with Crippen LogP contribution in [0.2, 0.25) is 0 Å². The van der Waals surface area contributed by atoms with Crippen LogP contribution in [0.5, 0.6) is 0 Å². The molecule has 10 atom stereocenters. The fourth-order valence-electron chi connectivity index (χ4n) is 8.68. The largest absolute Gasteiger partial charge is 0.299 e. The number of carbonyl (C=O) groups is 1. The number of hydrogen-bond donors (Lipinski definition) is 2. The van der Waals surface area contributed by atoms with E-state index in [-0.39, 0.29) is 114 Å². The normalized spacial score (nSPS) is 15.9. The highest BCUT2D eigenvalue weighted by atomic mass is 79.9. The van der Waals surface area contributed by atoms with Crippen LogP contribution in [0.1, 0.15) is 307 Å². The molecule has 7 rings (SSSR count). The lowest BCUT2D eigenvalue weighted by Crippen LogP contribution is -2.48. The van der Waals surface area contributed by atoms with Gasteiger partial charge in [-0.2, -0.15) is 23.7 Å². The van der Waals surface area contributed by atoms with Crippen molar-refractivity contribution < 1.29 is 56.4 Å². The van der Waals surface area contributed by atoms with Gasteiger partial charge in [0.1, 0.15) is 83.2 Å². The lowest BCUT2D eigenvalue weighted by atomic mass is 9.95. The molecule has 0 radical (unpaired) electrons. The van der Waals surface area contributed by atoms with Gasteiger partial charge in [0.05, 0.1) is 96.3 Å². The molecule has 0 spiro atoms. The molecular formula is C97H152Br7F6N9O7S8. The predicted octanol–water partition coefficient (Wildman–Crippen LogP) is 32.5. The molecule has 134 heavy (non-hydrogen) atoms. The third-order valence-electron chi connectivity index (χ3n) is 16.2. The van der Waals surface area contributed by atoms with Crippen LogP contribution in [-0.4, -0.2) is 108 Å². The Bertz CT molecular complexity index is 4890. The van der Waals surface area contributed by atoms with E-state index in [0.717, 1.165) is 38.6 Å². The Morgan fingerprint density at radius 2 is 0.709 bits per heavy atom. The number of thioether (sulfide) groups is 2. The lowest BCUT2D eigenvalue weighted by Gasteiger charge is -2.34. The molecule has 1 saturated heterocycles. The van der Waals surface area contributed by atoms with Gasteiger partial charge in [-0.1, -0.05) is 194 Å².